The number of anilines is 1. The average Bonchev–Trinajstić information content (AvgIpc) is 2.89. The van der Waals surface area contributed by atoms with Gasteiger partial charge in [-0.25, -0.2) is 4.79 Å². The molecule has 0 aromatic heterocycles. The summed E-state index contributed by atoms with van der Waals surface area (Å²) in [4.78, 5) is 19.8. The van der Waals surface area contributed by atoms with Crippen molar-refractivity contribution in [3.8, 4) is 11.8 Å². The number of hydrogen-bond donors (Lipinski definition) is 0. The van der Waals surface area contributed by atoms with Crippen molar-refractivity contribution < 1.29 is 19.0 Å². The number of benzene rings is 1. The normalized spacial score (nSPS) is 20.9. The third-order valence-electron chi connectivity index (χ3n) is 7.45. The SMILES string of the molecule is CCN(c1cc(C#CCN2CCOCC2)cc(C(=O)OC)c1C)[C@H]1CC[C@H](N(C)CCOC)CC1. The highest BCUT2D eigenvalue weighted by atomic mass is 16.5. The minimum absolute atomic E-state index is 0.305. The lowest BCUT2D eigenvalue weighted by molar-refractivity contribution is 0.0443. The van der Waals surface area contributed by atoms with E-state index in [0.717, 1.165) is 75.7 Å². The van der Waals surface area contributed by atoms with Gasteiger partial charge in [-0.15, -0.1) is 0 Å². The zero-order valence-corrected chi connectivity index (χ0v) is 22.3. The Bertz CT molecular complexity index is 880. The number of nitrogens with zero attached hydrogens (tertiary/aromatic N) is 3. The fourth-order valence-electron chi connectivity index (χ4n) is 5.26. The quantitative estimate of drug-likeness (QED) is 0.393. The largest absolute Gasteiger partial charge is 0.465 e. The number of hydrogen-bond acceptors (Lipinski definition) is 7. The summed E-state index contributed by atoms with van der Waals surface area (Å²) in [6, 6.07) is 5.10. The van der Waals surface area contributed by atoms with E-state index in [1.54, 1.807) is 7.11 Å². The Kier molecular flexibility index (Phi) is 10.9. The van der Waals surface area contributed by atoms with E-state index in [1.807, 2.05) is 13.0 Å². The van der Waals surface area contributed by atoms with Crippen molar-refractivity contribution in [2.45, 2.75) is 51.6 Å². The van der Waals surface area contributed by atoms with E-state index in [9.17, 15) is 4.79 Å². The highest BCUT2D eigenvalue weighted by Gasteiger charge is 2.29. The van der Waals surface area contributed by atoms with E-state index in [0.29, 0.717) is 24.2 Å². The smallest absolute Gasteiger partial charge is 0.338 e. The van der Waals surface area contributed by atoms with Gasteiger partial charge in [0, 0.05) is 56.6 Å². The molecule has 7 nitrogen and oxygen atoms in total. The fourth-order valence-corrected chi connectivity index (χ4v) is 5.26. The van der Waals surface area contributed by atoms with Gasteiger partial charge in [0.1, 0.15) is 0 Å². The van der Waals surface area contributed by atoms with Gasteiger partial charge >= 0.3 is 5.97 Å². The summed E-state index contributed by atoms with van der Waals surface area (Å²) in [7, 11) is 5.40. The molecule has 0 spiro atoms. The van der Waals surface area contributed by atoms with Gasteiger partial charge in [0.2, 0.25) is 0 Å². The lowest BCUT2D eigenvalue weighted by Gasteiger charge is -2.41. The fraction of sp³-hybridized carbons (Fsp3) is 0.679. The monoisotopic (exact) mass is 485 g/mol. The van der Waals surface area contributed by atoms with Crippen molar-refractivity contribution in [1.29, 1.82) is 0 Å². The summed E-state index contributed by atoms with van der Waals surface area (Å²) in [6.07, 6.45) is 4.61. The number of likely N-dealkylation sites (N-methyl/N-ethyl adjacent to an activating group) is 1. The molecule has 2 fully saturated rings. The van der Waals surface area contributed by atoms with E-state index in [2.05, 4.69) is 46.6 Å². The maximum atomic E-state index is 12.6. The molecule has 2 aliphatic rings. The topological polar surface area (TPSA) is 54.5 Å². The van der Waals surface area contributed by atoms with Gasteiger partial charge in [-0.3, -0.25) is 4.90 Å². The lowest BCUT2D eigenvalue weighted by Crippen LogP contribution is -2.44. The molecule has 0 bridgehead atoms. The Morgan fingerprint density at radius 3 is 2.46 bits per heavy atom. The lowest BCUT2D eigenvalue weighted by atomic mass is 9.88. The first-order chi connectivity index (χ1) is 17.0. The Morgan fingerprint density at radius 1 is 1.14 bits per heavy atom. The molecule has 0 N–H and O–H groups in total. The number of esters is 1. The Morgan fingerprint density at radius 2 is 1.83 bits per heavy atom. The predicted octanol–water partition coefficient (Wildman–Crippen LogP) is 3.18. The van der Waals surface area contributed by atoms with Crippen LogP contribution in [-0.4, -0.2) is 102 Å². The molecule has 0 atom stereocenters. The van der Waals surface area contributed by atoms with Crippen molar-refractivity contribution in [2.75, 3.05) is 78.7 Å². The van der Waals surface area contributed by atoms with Crippen molar-refractivity contribution in [3.05, 3.63) is 28.8 Å². The number of carbonyl (C=O) groups excluding carboxylic acids is 1. The third-order valence-corrected chi connectivity index (χ3v) is 7.45. The van der Waals surface area contributed by atoms with Crippen LogP contribution in [0.4, 0.5) is 5.69 Å². The molecular formula is C28H43N3O4. The minimum atomic E-state index is -0.305. The van der Waals surface area contributed by atoms with Gasteiger partial charge in [-0.1, -0.05) is 11.8 Å². The molecule has 0 radical (unpaired) electrons. The van der Waals surface area contributed by atoms with E-state index in [4.69, 9.17) is 14.2 Å². The van der Waals surface area contributed by atoms with Crippen LogP contribution in [0.5, 0.6) is 0 Å². The standard InChI is InChI=1S/C28H43N3O4/c1-6-31(25-11-9-24(10-12-25)29(3)14-17-33-4)27-21-23(20-26(22(27)2)28(32)34-5)8-7-13-30-15-18-35-19-16-30/h20-21,24-25H,6,9-19H2,1-5H3/t24-,25-. The molecule has 7 heteroatoms. The minimum Gasteiger partial charge on any atom is -0.465 e. The molecule has 0 amide bonds. The second-order valence-corrected chi connectivity index (χ2v) is 9.57. The van der Waals surface area contributed by atoms with Crippen LogP contribution in [-0.2, 0) is 14.2 Å². The molecule has 3 rings (SSSR count). The molecule has 1 aromatic carbocycles. The van der Waals surface area contributed by atoms with Gasteiger partial charge in [0.05, 0.1) is 39.0 Å². The number of carbonyl (C=O) groups is 1. The summed E-state index contributed by atoms with van der Waals surface area (Å²) < 4.78 is 15.8. The van der Waals surface area contributed by atoms with Gasteiger partial charge < -0.3 is 24.0 Å². The van der Waals surface area contributed by atoms with Crippen LogP contribution < -0.4 is 4.90 Å². The Balaban J connectivity index is 1.79. The molecule has 1 aliphatic carbocycles. The summed E-state index contributed by atoms with van der Waals surface area (Å²) >= 11 is 0. The highest BCUT2D eigenvalue weighted by Crippen LogP contribution is 2.33. The maximum Gasteiger partial charge on any atom is 0.338 e. The second-order valence-electron chi connectivity index (χ2n) is 9.57. The Labute approximate surface area is 211 Å². The number of rotatable bonds is 9. The zero-order valence-electron chi connectivity index (χ0n) is 22.3. The molecule has 194 valence electrons. The first kappa shape index (κ1) is 27.5. The third kappa shape index (κ3) is 7.44. The molecule has 0 unspecified atom stereocenters. The number of methoxy groups -OCH3 is 2. The van der Waals surface area contributed by atoms with Crippen LogP contribution in [0.15, 0.2) is 12.1 Å². The van der Waals surface area contributed by atoms with Crippen LogP contribution in [0.1, 0.15) is 54.1 Å². The van der Waals surface area contributed by atoms with E-state index in [-0.39, 0.29) is 5.97 Å². The van der Waals surface area contributed by atoms with Crippen LogP contribution >= 0.6 is 0 Å². The van der Waals surface area contributed by atoms with Gasteiger partial charge in [0.25, 0.3) is 0 Å². The summed E-state index contributed by atoms with van der Waals surface area (Å²) in [6.45, 7) is 10.9. The summed E-state index contributed by atoms with van der Waals surface area (Å²) in [5.41, 5.74) is 3.54. The molecule has 35 heavy (non-hydrogen) atoms. The number of morpholine rings is 1. The van der Waals surface area contributed by atoms with Gasteiger partial charge in [-0.2, -0.15) is 0 Å². The number of ether oxygens (including phenoxy) is 3. The molecule has 1 aliphatic heterocycles. The zero-order chi connectivity index (χ0) is 25.2. The predicted molar refractivity (Wildman–Crippen MR) is 140 cm³/mol. The first-order valence-corrected chi connectivity index (χ1v) is 13.0. The van der Waals surface area contributed by atoms with Crippen LogP contribution in [0.25, 0.3) is 0 Å². The van der Waals surface area contributed by atoms with Crippen molar-refractivity contribution in [2.24, 2.45) is 0 Å². The molecule has 1 aromatic rings. The van der Waals surface area contributed by atoms with Crippen LogP contribution in [0.2, 0.25) is 0 Å². The molecule has 1 heterocycles. The van der Waals surface area contributed by atoms with Gasteiger partial charge in [0.15, 0.2) is 0 Å². The van der Waals surface area contributed by atoms with Crippen LogP contribution in [0.3, 0.4) is 0 Å². The van der Waals surface area contributed by atoms with E-state index < -0.39 is 0 Å². The average molecular weight is 486 g/mol. The van der Waals surface area contributed by atoms with E-state index >= 15 is 0 Å². The highest BCUT2D eigenvalue weighted by molar-refractivity contribution is 5.93. The van der Waals surface area contributed by atoms with E-state index in [1.165, 1.54) is 20.0 Å². The van der Waals surface area contributed by atoms with Crippen molar-refractivity contribution >= 4 is 11.7 Å². The van der Waals surface area contributed by atoms with Crippen molar-refractivity contribution in [1.82, 2.24) is 9.80 Å². The van der Waals surface area contributed by atoms with Crippen LogP contribution in [0, 0.1) is 18.8 Å². The summed E-state index contributed by atoms with van der Waals surface area (Å²) in [5, 5.41) is 0. The maximum absolute atomic E-state index is 12.6. The van der Waals surface area contributed by atoms with Crippen molar-refractivity contribution in [3.63, 3.8) is 0 Å². The molecule has 1 saturated carbocycles. The molecular weight excluding hydrogens is 442 g/mol. The second kappa shape index (κ2) is 13.8. The summed E-state index contributed by atoms with van der Waals surface area (Å²) in [5.74, 6) is 6.32. The Hall–Kier alpha value is -2.11. The first-order valence-electron chi connectivity index (χ1n) is 13.0. The molecule has 1 saturated heterocycles. The van der Waals surface area contributed by atoms with Gasteiger partial charge in [-0.05, 0) is 64.3 Å².